The van der Waals surface area contributed by atoms with Crippen molar-refractivity contribution in [2.75, 3.05) is 6.54 Å². The normalized spacial score (nSPS) is 15.2. The SMILES string of the molecule is O=C(CCNC(=O)c1ccccc1O)CC1CCCC1. The molecule has 0 aromatic heterocycles. The minimum Gasteiger partial charge on any atom is -0.507 e. The Morgan fingerprint density at radius 1 is 1.20 bits per heavy atom. The van der Waals surface area contributed by atoms with E-state index < -0.39 is 0 Å². The van der Waals surface area contributed by atoms with Gasteiger partial charge in [0.1, 0.15) is 11.5 Å². The molecule has 0 radical (unpaired) electrons. The molecule has 0 saturated heterocycles. The lowest BCUT2D eigenvalue weighted by atomic mass is 10.00. The average molecular weight is 275 g/mol. The molecule has 4 heteroatoms. The first kappa shape index (κ1) is 14.6. The number of benzene rings is 1. The fourth-order valence-corrected chi connectivity index (χ4v) is 2.71. The Balaban J connectivity index is 1.71. The minimum absolute atomic E-state index is 0.0396. The fourth-order valence-electron chi connectivity index (χ4n) is 2.71. The van der Waals surface area contributed by atoms with E-state index in [-0.39, 0.29) is 23.0 Å². The van der Waals surface area contributed by atoms with E-state index >= 15 is 0 Å². The van der Waals surface area contributed by atoms with E-state index in [1.54, 1.807) is 18.2 Å². The van der Waals surface area contributed by atoms with Gasteiger partial charge in [-0.05, 0) is 18.1 Å². The molecule has 1 aliphatic rings. The lowest BCUT2D eigenvalue weighted by Gasteiger charge is -2.09. The lowest BCUT2D eigenvalue weighted by Crippen LogP contribution is -2.26. The number of hydrogen-bond acceptors (Lipinski definition) is 3. The summed E-state index contributed by atoms with van der Waals surface area (Å²) in [5.41, 5.74) is 0.246. The predicted molar refractivity (Wildman–Crippen MR) is 76.6 cm³/mol. The number of rotatable bonds is 6. The third-order valence-corrected chi connectivity index (χ3v) is 3.83. The second-order valence-electron chi connectivity index (χ2n) is 5.42. The Hall–Kier alpha value is -1.84. The number of para-hydroxylation sites is 1. The first-order valence-electron chi connectivity index (χ1n) is 7.24. The monoisotopic (exact) mass is 275 g/mol. The standard InChI is InChI=1S/C16H21NO3/c18-13(11-12-5-1-2-6-12)9-10-17-16(20)14-7-3-4-8-15(14)19/h3-4,7-8,12,19H,1-2,5-6,9-11H2,(H,17,20). The van der Waals surface area contributed by atoms with Crippen LogP contribution < -0.4 is 5.32 Å². The van der Waals surface area contributed by atoms with E-state index in [0.717, 1.165) is 12.8 Å². The summed E-state index contributed by atoms with van der Waals surface area (Å²) in [6, 6.07) is 6.39. The highest BCUT2D eigenvalue weighted by molar-refractivity contribution is 5.96. The molecule has 1 saturated carbocycles. The number of ketones is 1. The zero-order valence-corrected chi connectivity index (χ0v) is 11.6. The summed E-state index contributed by atoms with van der Waals surface area (Å²) >= 11 is 0. The molecule has 2 N–H and O–H groups in total. The van der Waals surface area contributed by atoms with Crippen LogP contribution in [0.2, 0.25) is 0 Å². The van der Waals surface area contributed by atoms with Crippen molar-refractivity contribution in [2.45, 2.75) is 38.5 Å². The van der Waals surface area contributed by atoms with E-state index in [9.17, 15) is 14.7 Å². The van der Waals surface area contributed by atoms with Crippen molar-refractivity contribution in [1.29, 1.82) is 0 Å². The van der Waals surface area contributed by atoms with E-state index in [1.165, 1.54) is 18.9 Å². The summed E-state index contributed by atoms with van der Waals surface area (Å²) in [6.45, 7) is 0.332. The van der Waals surface area contributed by atoms with Crippen LogP contribution in [0.1, 0.15) is 48.9 Å². The number of carbonyl (C=O) groups excluding carboxylic acids is 2. The Labute approximate surface area is 119 Å². The van der Waals surface area contributed by atoms with Crippen molar-refractivity contribution < 1.29 is 14.7 Å². The Kier molecular flexibility index (Phi) is 5.16. The van der Waals surface area contributed by atoms with E-state index in [4.69, 9.17) is 0 Å². The number of Topliss-reactive ketones (excluding diaryl/α,β-unsaturated/α-hetero) is 1. The third-order valence-electron chi connectivity index (χ3n) is 3.83. The highest BCUT2D eigenvalue weighted by Crippen LogP contribution is 2.27. The molecule has 0 spiro atoms. The van der Waals surface area contributed by atoms with Crippen LogP contribution in [0.25, 0.3) is 0 Å². The van der Waals surface area contributed by atoms with Crippen LogP contribution in [0.3, 0.4) is 0 Å². The molecule has 1 amide bonds. The molecule has 1 aromatic rings. The van der Waals surface area contributed by atoms with Gasteiger partial charge in [-0.15, -0.1) is 0 Å². The molecular formula is C16H21NO3. The third kappa shape index (κ3) is 4.08. The summed E-state index contributed by atoms with van der Waals surface area (Å²) in [4.78, 5) is 23.6. The van der Waals surface area contributed by atoms with Gasteiger partial charge in [-0.1, -0.05) is 37.8 Å². The molecule has 1 aliphatic carbocycles. The summed E-state index contributed by atoms with van der Waals surface area (Å²) in [5.74, 6) is 0.393. The molecular weight excluding hydrogens is 254 g/mol. The number of nitrogens with one attached hydrogen (secondary N) is 1. The van der Waals surface area contributed by atoms with Gasteiger partial charge < -0.3 is 10.4 Å². The first-order chi connectivity index (χ1) is 9.66. The average Bonchev–Trinajstić information content (AvgIpc) is 2.92. The maximum Gasteiger partial charge on any atom is 0.255 e. The second kappa shape index (κ2) is 7.08. The van der Waals surface area contributed by atoms with E-state index in [0.29, 0.717) is 25.3 Å². The number of phenols is 1. The molecule has 1 aromatic carbocycles. The molecule has 4 nitrogen and oxygen atoms in total. The van der Waals surface area contributed by atoms with E-state index in [1.807, 2.05) is 0 Å². The molecule has 1 fully saturated rings. The van der Waals surface area contributed by atoms with Gasteiger partial charge in [0.25, 0.3) is 5.91 Å². The Morgan fingerprint density at radius 2 is 1.90 bits per heavy atom. The van der Waals surface area contributed by atoms with Crippen LogP contribution >= 0.6 is 0 Å². The van der Waals surface area contributed by atoms with Crippen LogP contribution in [-0.4, -0.2) is 23.3 Å². The molecule has 2 rings (SSSR count). The molecule has 108 valence electrons. The van der Waals surface area contributed by atoms with Crippen LogP contribution in [0.4, 0.5) is 0 Å². The van der Waals surface area contributed by atoms with Gasteiger partial charge in [-0.2, -0.15) is 0 Å². The maximum atomic E-state index is 11.8. The molecule has 0 aliphatic heterocycles. The number of carbonyl (C=O) groups is 2. The molecule has 20 heavy (non-hydrogen) atoms. The van der Waals surface area contributed by atoms with Crippen molar-refractivity contribution in [3.8, 4) is 5.75 Å². The van der Waals surface area contributed by atoms with Crippen molar-refractivity contribution in [3.63, 3.8) is 0 Å². The Morgan fingerprint density at radius 3 is 2.60 bits per heavy atom. The van der Waals surface area contributed by atoms with E-state index in [2.05, 4.69) is 5.32 Å². The van der Waals surface area contributed by atoms with Crippen molar-refractivity contribution in [1.82, 2.24) is 5.32 Å². The van der Waals surface area contributed by atoms with Gasteiger partial charge >= 0.3 is 0 Å². The highest BCUT2D eigenvalue weighted by atomic mass is 16.3. The van der Waals surface area contributed by atoms with Crippen LogP contribution in [-0.2, 0) is 4.79 Å². The quantitative estimate of drug-likeness (QED) is 0.838. The van der Waals surface area contributed by atoms with Crippen LogP contribution in [0, 0.1) is 5.92 Å². The smallest absolute Gasteiger partial charge is 0.255 e. The molecule has 0 heterocycles. The number of amides is 1. The summed E-state index contributed by atoms with van der Waals surface area (Å²) in [6.07, 6.45) is 5.82. The van der Waals surface area contributed by atoms with Gasteiger partial charge in [0, 0.05) is 19.4 Å². The number of hydrogen-bond donors (Lipinski definition) is 2. The number of aromatic hydroxyl groups is 1. The predicted octanol–water partition coefficient (Wildman–Crippen LogP) is 2.66. The lowest BCUT2D eigenvalue weighted by molar-refractivity contribution is -0.119. The van der Waals surface area contributed by atoms with Crippen molar-refractivity contribution >= 4 is 11.7 Å². The van der Waals surface area contributed by atoms with Gasteiger partial charge in [-0.25, -0.2) is 0 Å². The minimum atomic E-state index is -0.336. The van der Waals surface area contributed by atoms with Crippen molar-refractivity contribution in [2.24, 2.45) is 5.92 Å². The number of phenolic OH excluding ortho intramolecular Hbond substituents is 1. The zero-order valence-electron chi connectivity index (χ0n) is 11.6. The summed E-state index contributed by atoms with van der Waals surface area (Å²) in [7, 11) is 0. The summed E-state index contributed by atoms with van der Waals surface area (Å²) in [5, 5.41) is 12.2. The van der Waals surface area contributed by atoms with Gasteiger partial charge in [-0.3, -0.25) is 9.59 Å². The zero-order chi connectivity index (χ0) is 14.4. The fraction of sp³-hybridized carbons (Fsp3) is 0.500. The highest BCUT2D eigenvalue weighted by Gasteiger charge is 2.18. The van der Waals surface area contributed by atoms with Crippen LogP contribution in [0.5, 0.6) is 5.75 Å². The van der Waals surface area contributed by atoms with Gasteiger partial charge in [0.15, 0.2) is 0 Å². The second-order valence-corrected chi connectivity index (χ2v) is 5.42. The van der Waals surface area contributed by atoms with Gasteiger partial charge in [0.05, 0.1) is 5.56 Å². The molecule has 0 bridgehead atoms. The van der Waals surface area contributed by atoms with Gasteiger partial charge in [0.2, 0.25) is 0 Å². The summed E-state index contributed by atoms with van der Waals surface area (Å²) < 4.78 is 0. The topological polar surface area (TPSA) is 66.4 Å². The first-order valence-corrected chi connectivity index (χ1v) is 7.24. The maximum absolute atomic E-state index is 11.8. The molecule has 0 atom stereocenters. The van der Waals surface area contributed by atoms with Crippen molar-refractivity contribution in [3.05, 3.63) is 29.8 Å². The Bertz CT molecular complexity index is 478. The largest absolute Gasteiger partial charge is 0.507 e. The molecule has 0 unspecified atom stereocenters. The van der Waals surface area contributed by atoms with Crippen LogP contribution in [0.15, 0.2) is 24.3 Å².